The molecule has 3 rings (SSSR count). The summed E-state index contributed by atoms with van der Waals surface area (Å²) in [5.74, 6) is 3.50. The van der Waals surface area contributed by atoms with E-state index in [1.807, 2.05) is 0 Å². The van der Waals surface area contributed by atoms with E-state index in [4.69, 9.17) is 9.97 Å². The van der Waals surface area contributed by atoms with Crippen LogP contribution in [0.25, 0.3) is 10.2 Å². The van der Waals surface area contributed by atoms with Crippen molar-refractivity contribution in [2.24, 2.45) is 5.92 Å². The highest BCUT2D eigenvalue weighted by Gasteiger charge is 2.23. The first-order valence-corrected chi connectivity index (χ1v) is 8.15. The Morgan fingerprint density at radius 3 is 2.79 bits per heavy atom. The van der Waals surface area contributed by atoms with E-state index in [9.17, 15) is 0 Å². The van der Waals surface area contributed by atoms with Crippen LogP contribution in [0.2, 0.25) is 0 Å². The Morgan fingerprint density at radius 1 is 1.26 bits per heavy atom. The Balaban J connectivity index is 1.94. The molecule has 3 nitrogen and oxygen atoms in total. The molecule has 2 aromatic heterocycles. The first-order valence-electron chi connectivity index (χ1n) is 7.27. The fourth-order valence-electron chi connectivity index (χ4n) is 2.87. The Hall–Kier alpha value is -1.16. The van der Waals surface area contributed by atoms with Gasteiger partial charge in [0.15, 0.2) is 0 Å². The summed E-state index contributed by atoms with van der Waals surface area (Å²) in [5, 5.41) is 6.65. The molecule has 4 heteroatoms. The number of hydrogen-bond acceptors (Lipinski definition) is 4. The van der Waals surface area contributed by atoms with Crippen LogP contribution in [0, 0.1) is 5.92 Å². The van der Waals surface area contributed by atoms with Gasteiger partial charge >= 0.3 is 0 Å². The lowest BCUT2D eigenvalue weighted by atomic mass is 9.82. The van der Waals surface area contributed by atoms with E-state index in [-0.39, 0.29) is 0 Å². The van der Waals surface area contributed by atoms with Gasteiger partial charge in [-0.15, -0.1) is 11.3 Å². The normalized spacial score (nSPS) is 23.7. The van der Waals surface area contributed by atoms with Crippen LogP contribution in [-0.4, -0.2) is 16.5 Å². The summed E-state index contributed by atoms with van der Waals surface area (Å²) in [6, 6.07) is 2.12. The molecule has 1 aliphatic carbocycles. The van der Waals surface area contributed by atoms with Crippen LogP contribution in [0.1, 0.15) is 51.3 Å². The van der Waals surface area contributed by atoms with Crippen LogP contribution in [0.15, 0.2) is 11.4 Å². The van der Waals surface area contributed by atoms with E-state index in [2.05, 4.69) is 30.6 Å². The van der Waals surface area contributed by atoms with Gasteiger partial charge < -0.3 is 5.32 Å². The van der Waals surface area contributed by atoms with Gasteiger partial charge in [-0.25, -0.2) is 9.97 Å². The summed E-state index contributed by atoms with van der Waals surface area (Å²) in [6.07, 6.45) is 5.10. The minimum Gasteiger partial charge on any atom is -0.370 e. The zero-order chi connectivity index (χ0) is 13.2. The molecule has 0 atom stereocenters. The number of rotatable bonds is 3. The van der Waals surface area contributed by atoms with Crippen molar-refractivity contribution in [2.45, 2.75) is 45.4 Å². The maximum atomic E-state index is 4.80. The van der Waals surface area contributed by atoms with Gasteiger partial charge in [0.2, 0.25) is 0 Å². The van der Waals surface area contributed by atoms with E-state index in [1.165, 1.54) is 31.1 Å². The highest BCUT2D eigenvalue weighted by atomic mass is 32.1. The molecule has 0 radical (unpaired) electrons. The molecular formula is C15H21N3S. The Kier molecular flexibility index (Phi) is 3.69. The highest BCUT2D eigenvalue weighted by Crippen LogP contribution is 2.36. The predicted octanol–water partition coefficient (Wildman–Crippen LogP) is 4.42. The molecule has 1 aliphatic rings. The van der Waals surface area contributed by atoms with Gasteiger partial charge in [0.05, 0.1) is 5.39 Å². The lowest BCUT2D eigenvalue weighted by Crippen LogP contribution is -2.14. The van der Waals surface area contributed by atoms with Gasteiger partial charge in [0.25, 0.3) is 0 Å². The fourth-order valence-corrected chi connectivity index (χ4v) is 3.65. The van der Waals surface area contributed by atoms with Crippen molar-refractivity contribution in [3.63, 3.8) is 0 Å². The molecule has 0 spiro atoms. The lowest BCUT2D eigenvalue weighted by molar-refractivity contribution is 0.340. The number of aromatic nitrogens is 2. The van der Waals surface area contributed by atoms with E-state index >= 15 is 0 Å². The molecule has 0 saturated heterocycles. The number of fused-ring (bicyclic) bond motifs is 1. The minimum absolute atomic E-state index is 0.556. The highest BCUT2D eigenvalue weighted by molar-refractivity contribution is 7.16. The van der Waals surface area contributed by atoms with Crippen LogP contribution in [-0.2, 0) is 0 Å². The van der Waals surface area contributed by atoms with Crippen LogP contribution in [0.5, 0.6) is 0 Å². The third kappa shape index (κ3) is 2.59. The topological polar surface area (TPSA) is 37.8 Å². The average molecular weight is 275 g/mol. The molecule has 19 heavy (non-hydrogen) atoms. The van der Waals surface area contributed by atoms with Crippen LogP contribution < -0.4 is 5.32 Å². The van der Waals surface area contributed by atoms with Crippen molar-refractivity contribution in [3.8, 4) is 0 Å². The Labute approximate surface area is 118 Å². The quantitative estimate of drug-likeness (QED) is 0.901. The molecule has 0 aliphatic heterocycles. The molecule has 0 amide bonds. The van der Waals surface area contributed by atoms with Gasteiger partial charge in [-0.3, -0.25) is 0 Å². The first kappa shape index (κ1) is 12.9. The largest absolute Gasteiger partial charge is 0.370 e. The number of anilines is 1. The minimum atomic E-state index is 0.556. The number of nitrogens with one attached hydrogen (secondary N) is 1. The van der Waals surface area contributed by atoms with Crippen LogP contribution in [0.3, 0.4) is 0 Å². The van der Waals surface area contributed by atoms with E-state index in [0.29, 0.717) is 5.92 Å². The molecule has 1 saturated carbocycles. The van der Waals surface area contributed by atoms with Gasteiger partial charge in [-0.2, -0.15) is 0 Å². The van der Waals surface area contributed by atoms with E-state index in [1.54, 1.807) is 11.3 Å². The average Bonchev–Trinajstić information content (AvgIpc) is 2.88. The van der Waals surface area contributed by atoms with Crippen molar-refractivity contribution in [2.75, 3.05) is 11.9 Å². The van der Waals surface area contributed by atoms with Crippen LogP contribution in [0.4, 0.5) is 5.82 Å². The molecule has 0 aromatic carbocycles. The van der Waals surface area contributed by atoms with Gasteiger partial charge in [0.1, 0.15) is 16.5 Å². The van der Waals surface area contributed by atoms with E-state index in [0.717, 1.165) is 28.9 Å². The maximum absolute atomic E-state index is 4.80. The summed E-state index contributed by atoms with van der Waals surface area (Å²) in [4.78, 5) is 10.7. The number of thiophene rings is 1. The molecule has 0 unspecified atom stereocenters. The van der Waals surface area contributed by atoms with Crippen molar-refractivity contribution in [1.82, 2.24) is 9.97 Å². The second-order valence-corrected chi connectivity index (χ2v) is 6.45. The summed E-state index contributed by atoms with van der Waals surface area (Å²) < 4.78 is 0. The third-order valence-electron chi connectivity index (χ3n) is 4.07. The van der Waals surface area contributed by atoms with Gasteiger partial charge in [-0.05, 0) is 37.1 Å². The first-order chi connectivity index (χ1) is 9.28. The summed E-state index contributed by atoms with van der Waals surface area (Å²) >= 11 is 1.71. The van der Waals surface area contributed by atoms with Crippen molar-refractivity contribution in [1.29, 1.82) is 0 Å². The standard InChI is InChI=1S/C15H21N3S/c1-3-16-14-12-8-9-19-15(12)18-13(17-14)11-6-4-10(2)5-7-11/h8-11H,3-7H2,1-2H3,(H,16,17,18). The summed E-state index contributed by atoms with van der Waals surface area (Å²) in [6.45, 7) is 5.37. The molecule has 0 bridgehead atoms. The summed E-state index contributed by atoms with van der Waals surface area (Å²) in [7, 11) is 0. The third-order valence-corrected chi connectivity index (χ3v) is 4.87. The second kappa shape index (κ2) is 5.45. The zero-order valence-corrected chi connectivity index (χ0v) is 12.5. The molecular weight excluding hydrogens is 254 g/mol. The van der Waals surface area contributed by atoms with E-state index < -0.39 is 0 Å². The smallest absolute Gasteiger partial charge is 0.138 e. The fraction of sp³-hybridized carbons (Fsp3) is 0.600. The molecule has 1 N–H and O–H groups in total. The van der Waals surface area contributed by atoms with Crippen molar-refractivity contribution in [3.05, 3.63) is 17.3 Å². The predicted molar refractivity (Wildman–Crippen MR) is 82.0 cm³/mol. The Morgan fingerprint density at radius 2 is 2.05 bits per heavy atom. The lowest BCUT2D eigenvalue weighted by Gasteiger charge is -2.25. The maximum Gasteiger partial charge on any atom is 0.138 e. The van der Waals surface area contributed by atoms with Crippen molar-refractivity contribution >= 4 is 27.4 Å². The summed E-state index contributed by atoms with van der Waals surface area (Å²) in [5.41, 5.74) is 0. The Bertz CT molecular complexity index is 556. The van der Waals surface area contributed by atoms with Crippen molar-refractivity contribution < 1.29 is 0 Å². The molecule has 2 heterocycles. The molecule has 2 aromatic rings. The molecule has 1 fully saturated rings. The van der Waals surface area contributed by atoms with Gasteiger partial charge in [0, 0.05) is 12.5 Å². The number of hydrogen-bond donors (Lipinski definition) is 1. The second-order valence-electron chi connectivity index (χ2n) is 5.56. The van der Waals surface area contributed by atoms with Crippen LogP contribution >= 0.6 is 11.3 Å². The molecule has 102 valence electrons. The van der Waals surface area contributed by atoms with Gasteiger partial charge in [-0.1, -0.05) is 19.8 Å². The zero-order valence-electron chi connectivity index (χ0n) is 11.6. The number of nitrogens with zero attached hydrogens (tertiary/aromatic N) is 2. The SMILES string of the molecule is CCNc1nc(C2CCC(C)CC2)nc2sccc12. The monoisotopic (exact) mass is 275 g/mol.